The molecule has 0 saturated carbocycles. The minimum absolute atomic E-state index is 0.0295. The number of anilines is 1. The molecule has 2 aromatic rings. The highest BCUT2D eigenvalue weighted by Gasteiger charge is 2.17. The topological polar surface area (TPSA) is 86.1 Å². The monoisotopic (exact) mass is 332 g/mol. The summed E-state index contributed by atoms with van der Waals surface area (Å²) in [6, 6.07) is 11.0. The molecule has 0 aliphatic rings. The molecule has 0 fully saturated rings. The molecular formula is C16H20N4O2S. The fourth-order valence-electron chi connectivity index (χ4n) is 2.35. The van der Waals surface area contributed by atoms with Gasteiger partial charge in [-0.3, -0.25) is 0 Å². The van der Waals surface area contributed by atoms with Crippen LogP contribution in [0.25, 0.3) is 10.9 Å². The summed E-state index contributed by atoms with van der Waals surface area (Å²) in [5.41, 5.74) is 1.35. The van der Waals surface area contributed by atoms with Gasteiger partial charge in [-0.1, -0.05) is 13.8 Å². The fourth-order valence-corrected chi connectivity index (χ4v) is 3.75. The number of nitriles is 1. The van der Waals surface area contributed by atoms with Crippen molar-refractivity contribution >= 4 is 26.7 Å². The number of rotatable bonds is 7. The van der Waals surface area contributed by atoms with Crippen molar-refractivity contribution in [2.45, 2.75) is 13.8 Å². The van der Waals surface area contributed by atoms with Crippen molar-refractivity contribution < 1.29 is 8.42 Å². The van der Waals surface area contributed by atoms with Crippen LogP contribution in [0, 0.1) is 11.3 Å². The van der Waals surface area contributed by atoms with E-state index < -0.39 is 10.0 Å². The Morgan fingerprint density at radius 1 is 1.22 bits per heavy atom. The van der Waals surface area contributed by atoms with Crippen molar-refractivity contribution in [3.8, 4) is 6.07 Å². The molecule has 23 heavy (non-hydrogen) atoms. The molecule has 0 amide bonds. The van der Waals surface area contributed by atoms with Gasteiger partial charge in [-0.05, 0) is 30.3 Å². The van der Waals surface area contributed by atoms with E-state index >= 15 is 0 Å². The van der Waals surface area contributed by atoms with Crippen molar-refractivity contribution in [1.82, 2.24) is 9.29 Å². The van der Waals surface area contributed by atoms with Crippen LogP contribution in [-0.2, 0) is 10.0 Å². The minimum atomic E-state index is -3.24. The van der Waals surface area contributed by atoms with Crippen LogP contribution < -0.4 is 5.32 Å². The fraction of sp³-hybridized carbons (Fsp3) is 0.375. The van der Waals surface area contributed by atoms with Crippen LogP contribution in [0.3, 0.4) is 0 Å². The summed E-state index contributed by atoms with van der Waals surface area (Å²) in [6.07, 6.45) is 0. The van der Waals surface area contributed by atoms with E-state index in [2.05, 4.69) is 16.4 Å². The van der Waals surface area contributed by atoms with Crippen molar-refractivity contribution in [3.63, 3.8) is 0 Å². The predicted molar refractivity (Wildman–Crippen MR) is 91.7 cm³/mol. The molecule has 1 heterocycles. The second-order valence-corrected chi connectivity index (χ2v) is 7.13. The molecule has 1 aromatic carbocycles. The van der Waals surface area contributed by atoms with Crippen molar-refractivity contribution in [3.05, 3.63) is 35.9 Å². The molecule has 0 atom stereocenters. The number of fused-ring (bicyclic) bond motifs is 1. The minimum Gasteiger partial charge on any atom is -0.369 e. The van der Waals surface area contributed by atoms with Crippen LogP contribution >= 0.6 is 0 Å². The Morgan fingerprint density at radius 2 is 1.96 bits per heavy atom. The van der Waals surface area contributed by atoms with Gasteiger partial charge in [-0.25, -0.2) is 17.7 Å². The van der Waals surface area contributed by atoms with E-state index in [9.17, 15) is 8.42 Å². The second-order valence-electron chi connectivity index (χ2n) is 5.04. The number of pyridine rings is 1. The van der Waals surface area contributed by atoms with Crippen LogP contribution in [0.2, 0.25) is 0 Å². The van der Waals surface area contributed by atoms with Crippen molar-refractivity contribution in [2.75, 3.05) is 30.7 Å². The molecule has 0 saturated heterocycles. The third kappa shape index (κ3) is 4.18. The van der Waals surface area contributed by atoms with E-state index in [4.69, 9.17) is 5.26 Å². The molecule has 1 N–H and O–H groups in total. The normalized spacial score (nSPS) is 11.6. The van der Waals surface area contributed by atoms with E-state index in [0.29, 0.717) is 31.0 Å². The van der Waals surface area contributed by atoms with Gasteiger partial charge < -0.3 is 5.32 Å². The Morgan fingerprint density at radius 3 is 2.61 bits per heavy atom. The molecule has 6 nitrogen and oxygen atoms in total. The van der Waals surface area contributed by atoms with Crippen LogP contribution in [0.15, 0.2) is 30.3 Å². The number of aromatic nitrogens is 1. The highest BCUT2D eigenvalue weighted by molar-refractivity contribution is 7.89. The van der Waals surface area contributed by atoms with Gasteiger partial charge in [0.05, 0.1) is 22.9 Å². The zero-order valence-corrected chi connectivity index (χ0v) is 14.1. The summed E-state index contributed by atoms with van der Waals surface area (Å²) in [7, 11) is -3.24. The smallest absolute Gasteiger partial charge is 0.215 e. The number of hydrogen-bond acceptors (Lipinski definition) is 5. The summed E-state index contributed by atoms with van der Waals surface area (Å²) in [4.78, 5) is 4.43. The standard InChI is InChI=1S/C16H20N4O2S/c1-3-20(4-2)23(21,22)10-9-18-16-8-6-14-11-13(12-17)5-7-15(14)19-16/h5-8,11H,3-4,9-10H2,1-2H3,(H,18,19). The molecule has 7 heteroatoms. The number of nitrogens with zero attached hydrogens (tertiary/aromatic N) is 3. The lowest BCUT2D eigenvalue weighted by Gasteiger charge is -2.18. The van der Waals surface area contributed by atoms with Gasteiger partial charge in [0.15, 0.2) is 0 Å². The molecule has 0 aliphatic carbocycles. The highest BCUT2D eigenvalue weighted by atomic mass is 32.2. The van der Waals surface area contributed by atoms with E-state index in [1.807, 2.05) is 19.9 Å². The quantitative estimate of drug-likeness (QED) is 0.840. The van der Waals surface area contributed by atoms with Gasteiger partial charge in [0, 0.05) is 25.0 Å². The molecule has 0 spiro atoms. The van der Waals surface area contributed by atoms with Gasteiger partial charge in [0.25, 0.3) is 0 Å². The molecule has 0 unspecified atom stereocenters. The van der Waals surface area contributed by atoms with E-state index in [0.717, 1.165) is 10.9 Å². The maximum Gasteiger partial charge on any atom is 0.215 e. The van der Waals surface area contributed by atoms with E-state index in [1.54, 1.807) is 24.3 Å². The third-order valence-corrected chi connectivity index (χ3v) is 5.61. The summed E-state index contributed by atoms with van der Waals surface area (Å²) >= 11 is 0. The average molecular weight is 332 g/mol. The number of benzene rings is 1. The molecule has 2 rings (SSSR count). The second kappa shape index (κ2) is 7.40. The van der Waals surface area contributed by atoms with Gasteiger partial charge >= 0.3 is 0 Å². The Balaban J connectivity index is 2.04. The summed E-state index contributed by atoms with van der Waals surface area (Å²) in [5, 5.41) is 12.8. The molecule has 0 aliphatic heterocycles. The zero-order chi connectivity index (χ0) is 16.9. The average Bonchev–Trinajstić information content (AvgIpc) is 2.55. The van der Waals surface area contributed by atoms with Gasteiger partial charge in [-0.15, -0.1) is 0 Å². The van der Waals surface area contributed by atoms with Crippen LogP contribution in [-0.4, -0.2) is 43.1 Å². The Bertz CT molecular complexity index is 824. The largest absolute Gasteiger partial charge is 0.369 e. The van der Waals surface area contributed by atoms with Gasteiger partial charge in [-0.2, -0.15) is 5.26 Å². The Hall–Kier alpha value is -2.17. The molecule has 0 bridgehead atoms. The maximum absolute atomic E-state index is 12.1. The van der Waals surface area contributed by atoms with Crippen molar-refractivity contribution in [2.24, 2.45) is 0 Å². The number of nitrogens with one attached hydrogen (secondary N) is 1. The third-order valence-electron chi connectivity index (χ3n) is 3.58. The summed E-state index contributed by atoms with van der Waals surface area (Å²) < 4.78 is 25.7. The van der Waals surface area contributed by atoms with Crippen LogP contribution in [0.4, 0.5) is 5.82 Å². The van der Waals surface area contributed by atoms with E-state index in [1.165, 1.54) is 4.31 Å². The number of hydrogen-bond donors (Lipinski definition) is 1. The van der Waals surface area contributed by atoms with Gasteiger partial charge in [0.2, 0.25) is 10.0 Å². The van der Waals surface area contributed by atoms with Crippen molar-refractivity contribution in [1.29, 1.82) is 5.26 Å². The lowest BCUT2D eigenvalue weighted by atomic mass is 10.1. The Labute approximate surface area is 136 Å². The van der Waals surface area contributed by atoms with E-state index in [-0.39, 0.29) is 5.75 Å². The molecule has 0 radical (unpaired) electrons. The lowest BCUT2D eigenvalue weighted by Crippen LogP contribution is -2.34. The first-order valence-electron chi connectivity index (χ1n) is 7.52. The lowest BCUT2D eigenvalue weighted by molar-refractivity contribution is 0.446. The zero-order valence-electron chi connectivity index (χ0n) is 13.3. The summed E-state index contributed by atoms with van der Waals surface area (Å²) in [6.45, 7) is 4.92. The highest BCUT2D eigenvalue weighted by Crippen LogP contribution is 2.16. The SMILES string of the molecule is CCN(CC)S(=O)(=O)CCNc1ccc2cc(C#N)ccc2n1. The molecule has 1 aromatic heterocycles. The first-order chi connectivity index (χ1) is 11.0. The maximum atomic E-state index is 12.1. The Kier molecular flexibility index (Phi) is 5.53. The van der Waals surface area contributed by atoms with Gasteiger partial charge in [0.1, 0.15) is 5.82 Å². The van der Waals surface area contributed by atoms with Crippen LogP contribution in [0.5, 0.6) is 0 Å². The van der Waals surface area contributed by atoms with Crippen LogP contribution in [0.1, 0.15) is 19.4 Å². The molecule has 122 valence electrons. The first kappa shape index (κ1) is 17.2. The predicted octanol–water partition coefficient (Wildman–Crippen LogP) is 2.19. The first-order valence-corrected chi connectivity index (χ1v) is 9.13. The molecular weight excluding hydrogens is 312 g/mol. The number of sulfonamides is 1. The summed E-state index contributed by atoms with van der Waals surface area (Å²) in [5.74, 6) is 0.652.